The predicted octanol–water partition coefficient (Wildman–Crippen LogP) is 4.91. The largest absolute Gasteiger partial charge is 0.464 e. The van der Waals surface area contributed by atoms with Gasteiger partial charge >= 0.3 is 6.09 Å². The van der Waals surface area contributed by atoms with Gasteiger partial charge in [0.25, 0.3) is 0 Å². The van der Waals surface area contributed by atoms with Crippen molar-refractivity contribution in [1.29, 1.82) is 0 Å². The third kappa shape index (κ3) is 4.44. The standard InChI is InChI=1S/C16H17NO2S2/c18-16(19)17(13-5-2-1-3-6-13)14-7-9-15(10-8-14)21-12-4-11-20/h1-3,5-10,20H,4,11-12H2,(H,18,19). The Morgan fingerprint density at radius 3 is 2.24 bits per heavy atom. The van der Waals surface area contributed by atoms with E-state index in [1.54, 1.807) is 23.9 Å². The molecule has 2 aromatic rings. The molecule has 0 bridgehead atoms. The summed E-state index contributed by atoms with van der Waals surface area (Å²) in [5.41, 5.74) is 1.28. The number of rotatable bonds is 6. The second-order valence-electron chi connectivity index (χ2n) is 4.37. The second kappa shape index (κ2) is 8.00. The monoisotopic (exact) mass is 319 g/mol. The number of nitrogens with zero attached hydrogens (tertiary/aromatic N) is 1. The Bertz CT molecular complexity index is 573. The van der Waals surface area contributed by atoms with Crippen LogP contribution in [0.1, 0.15) is 6.42 Å². The van der Waals surface area contributed by atoms with Crippen LogP contribution in [0.2, 0.25) is 0 Å². The van der Waals surface area contributed by atoms with Gasteiger partial charge in [0.05, 0.1) is 11.4 Å². The van der Waals surface area contributed by atoms with Crippen molar-refractivity contribution in [1.82, 2.24) is 0 Å². The SMILES string of the molecule is O=C(O)N(c1ccccc1)c1ccc(SCCCS)cc1. The molecule has 0 radical (unpaired) electrons. The van der Waals surface area contributed by atoms with Crippen molar-refractivity contribution < 1.29 is 9.90 Å². The zero-order valence-corrected chi connectivity index (χ0v) is 13.2. The van der Waals surface area contributed by atoms with E-state index in [0.717, 1.165) is 22.8 Å². The lowest BCUT2D eigenvalue weighted by atomic mass is 10.2. The van der Waals surface area contributed by atoms with Gasteiger partial charge in [0.1, 0.15) is 0 Å². The number of carboxylic acid groups (broad SMARTS) is 1. The number of anilines is 2. The van der Waals surface area contributed by atoms with Crippen LogP contribution in [0.15, 0.2) is 59.5 Å². The molecule has 0 aliphatic heterocycles. The lowest BCUT2D eigenvalue weighted by Crippen LogP contribution is -2.23. The molecular weight excluding hydrogens is 302 g/mol. The van der Waals surface area contributed by atoms with Crippen molar-refractivity contribution in [2.75, 3.05) is 16.4 Å². The van der Waals surface area contributed by atoms with Crippen molar-refractivity contribution in [3.63, 3.8) is 0 Å². The van der Waals surface area contributed by atoms with Gasteiger partial charge in [-0.15, -0.1) is 11.8 Å². The summed E-state index contributed by atoms with van der Waals surface area (Å²) in [5, 5.41) is 9.43. The van der Waals surface area contributed by atoms with E-state index in [2.05, 4.69) is 12.6 Å². The topological polar surface area (TPSA) is 40.5 Å². The van der Waals surface area contributed by atoms with Gasteiger partial charge in [-0.2, -0.15) is 12.6 Å². The van der Waals surface area contributed by atoms with Crippen LogP contribution in [-0.2, 0) is 0 Å². The maximum atomic E-state index is 11.5. The third-order valence-corrected chi connectivity index (χ3v) is 4.29. The first-order valence-corrected chi connectivity index (χ1v) is 8.26. The van der Waals surface area contributed by atoms with Gasteiger partial charge in [-0.25, -0.2) is 9.69 Å². The lowest BCUT2D eigenvalue weighted by Gasteiger charge is -2.19. The lowest BCUT2D eigenvalue weighted by molar-refractivity contribution is 0.205. The molecule has 0 saturated carbocycles. The van der Waals surface area contributed by atoms with Gasteiger partial charge in [0, 0.05) is 4.90 Å². The Balaban J connectivity index is 2.16. The zero-order chi connectivity index (χ0) is 15.1. The summed E-state index contributed by atoms with van der Waals surface area (Å²) in [6.45, 7) is 0. The maximum absolute atomic E-state index is 11.5. The summed E-state index contributed by atoms with van der Waals surface area (Å²) < 4.78 is 0. The van der Waals surface area contributed by atoms with E-state index in [4.69, 9.17) is 0 Å². The van der Waals surface area contributed by atoms with Gasteiger partial charge in [0.2, 0.25) is 0 Å². The fourth-order valence-electron chi connectivity index (χ4n) is 1.89. The van der Waals surface area contributed by atoms with Gasteiger partial charge in [-0.3, -0.25) is 0 Å². The van der Waals surface area contributed by atoms with Gasteiger partial charge in [0.15, 0.2) is 0 Å². The zero-order valence-electron chi connectivity index (χ0n) is 11.5. The Labute approximate surface area is 134 Å². The fraction of sp³-hybridized carbons (Fsp3) is 0.188. The first kappa shape index (κ1) is 15.8. The van der Waals surface area contributed by atoms with Crippen molar-refractivity contribution >= 4 is 41.9 Å². The molecule has 21 heavy (non-hydrogen) atoms. The number of thiol groups is 1. The summed E-state index contributed by atoms with van der Waals surface area (Å²) in [6.07, 6.45) is 0.0672. The van der Waals surface area contributed by atoms with E-state index in [1.165, 1.54) is 4.90 Å². The molecule has 5 heteroatoms. The summed E-state index contributed by atoms with van der Waals surface area (Å²) in [7, 11) is 0. The summed E-state index contributed by atoms with van der Waals surface area (Å²) in [6, 6.07) is 16.7. The molecule has 1 amide bonds. The van der Waals surface area contributed by atoms with E-state index < -0.39 is 6.09 Å². The average Bonchev–Trinajstić information content (AvgIpc) is 2.50. The van der Waals surface area contributed by atoms with E-state index in [-0.39, 0.29) is 0 Å². The van der Waals surface area contributed by atoms with Crippen LogP contribution in [0.4, 0.5) is 16.2 Å². The molecular formula is C16H17NO2S2. The molecule has 2 rings (SSSR count). The van der Waals surface area contributed by atoms with Gasteiger partial charge < -0.3 is 5.11 Å². The van der Waals surface area contributed by atoms with E-state index in [9.17, 15) is 9.90 Å². The van der Waals surface area contributed by atoms with Crippen LogP contribution in [-0.4, -0.2) is 22.7 Å². The number of para-hydroxylation sites is 1. The number of benzene rings is 2. The third-order valence-electron chi connectivity index (χ3n) is 2.87. The van der Waals surface area contributed by atoms with Crippen molar-refractivity contribution in [3.8, 4) is 0 Å². The first-order valence-electron chi connectivity index (χ1n) is 6.64. The number of hydrogen-bond donors (Lipinski definition) is 2. The van der Waals surface area contributed by atoms with Gasteiger partial charge in [-0.05, 0) is 54.3 Å². The number of amides is 1. The van der Waals surface area contributed by atoms with Crippen LogP contribution in [0, 0.1) is 0 Å². The van der Waals surface area contributed by atoms with Crippen LogP contribution in [0.5, 0.6) is 0 Å². The van der Waals surface area contributed by atoms with Crippen LogP contribution >= 0.6 is 24.4 Å². The maximum Gasteiger partial charge on any atom is 0.416 e. The highest BCUT2D eigenvalue weighted by Gasteiger charge is 2.16. The second-order valence-corrected chi connectivity index (χ2v) is 5.99. The molecule has 2 aromatic carbocycles. The van der Waals surface area contributed by atoms with E-state index >= 15 is 0 Å². The summed E-state index contributed by atoms with van der Waals surface area (Å²) >= 11 is 5.94. The summed E-state index contributed by atoms with van der Waals surface area (Å²) in [4.78, 5) is 13.9. The molecule has 1 N–H and O–H groups in total. The Morgan fingerprint density at radius 1 is 1.05 bits per heavy atom. The average molecular weight is 319 g/mol. The van der Waals surface area contributed by atoms with E-state index in [0.29, 0.717) is 11.4 Å². The minimum atomic E-state index is -0.989. The van der Waals surface area contributed by atoms with Crippen molar-refractivity contribution in [2.45, 2.75) is 11.3 Å². The molecule has 0 fully saturated rings. The van der Waals surface area contributed by atoms with Crippen LogP contribution in [0.3, 0.4) is 0 Å². The molecule has 3 nitrogen and oxygen atoms in total. The van der Waals surface area contributed by atoms with Crippen molar-refractivity contribution in [3.05, 3.63) is 54.6 Å². The van der Waals surface area contributed by atoms with Crippen molar-refractivity contribution in [2.24, 2.45) is 0 Å². The molecule has 0 aromatic heterocycles. The number of hydrogen-bond acceptors (Lipinski definition) is 3. The Hall–Kier alpha value is -1.59. The molecule has 0 saturated heterocycles. The first-order chi connectivity index (χ1) is 10.2. The van der Waals surface area contributed by atoms with Crippen LogP contribution in [0.25, 0.3) is 0 Å². The molecule has 0 atom stereocenters. The molecule has 0 heterocycles. The van der Waals surface area contributed by atoms with E-state index in [1.807, 2.05) is 42.5 Å². The normalized spacial score (nSPS) is 10.3. The van der Waals surface area contributed by atoms with Gasteiger partial charge in [-0.1, -0.05) is 18.2 Å². The molecule has 110 valence electrons. The predicted molar refractivity (Wildman–Crippen MR) is 92.2 cm³/mol. The minimum absolute atomic E-state index is 0.639. The Morgan fingerprint density at radius 2 is 1.67 bits per heavy atom. The molecule has 0 aliphatic carbocycles. The number of carbonyl (C=O) groups is 1. The smallest absolute Gasteiger partial charge is 0.416 e. The quantitative estimate of drug-likeness (QED) is 0.451. The molecule has 0 spiro atoms. The molecule has 0 aliphatic rings. The Kier molecular flexibility index (Phi) is 6.02. The summed E-state index contributed by atoms with van der Waals surface area (Å²) in [5.74, 6) is 1.90. The minimum Gasteiger partial charge on any atom is -0.464 e. The highest BCUT2D eigenvalue weighted by molar-refractivity contribution is 7.99. The highest BCUT2D eigenvalue weighted by atomic mass is 32.2. The highest BCUT2D eigenvalue weighted by Crippen LogP contribution is 2.28. The fourth-order valence-corrected chi connectivity index (χ4v) is 3.12. The van der Waals surface area contributed by atoms with Crippen LogP contribution < -0.4 is 4.90 Å². The molecule has 0 unspecified atom stereocenters. The number of thioether (sulfide) groups is 1.